The van der Waals surface area contributed by atoms with E-state index in [1.807, 2.05) is 30.3 Å². The van der Waals surface area contributed by atoms with Crippen molar-refractivity contribution in [1.29, 1.82) is 0 Å². The molecule has 30 heavy (non-hydrogen) atoms. The molecular formula is C24H29ClN2O3. The molecule has 0 saturated carbocycles. The molecule has 6 heteroatoms. The molecule has 1 atom stereocenters. The molecular weight excluding hydrogens is 400 g/mol. The number of likely N-dealkylation sites (N-methyl/N-ethyl adjacent to an activating group) is 1. The summed E-state index contributed by atoms with van der Waals surface area (Å²) in [6.07, 6.45) is 3.86. The molecule has 1 heterocycles. The number of hydrogen-bond donors (Lipinski definition) is 1. The molecule has 1 fully saturated rings. The molecule has 3 rings (SSSR count). The fourth-order valence-electron chi connectivity index (χ4n) is 4.00. The number of nitrogens with zero attached hydrogens (tertiary/aromatic N) is 2. The van der Waals surface area contributed by atoms with Crippen molar-refractivity contribution >= 4 is 29.5 Å². The quantitative estimate of drug-likeness (QED) is 0.635. The van der Waals surface area contributed by atoms with Crippen molar-refractivity contribution in [2.75, 3.05) is 31.6 Å². The lowest BCUT2D eigenvalue weighted by molar-refractivity contribution is -0.139. The van der Waals surface area contributed by atoms with Crippen LogP contribution in [0.2, 0.25) is 5.02 Å². The van der Waals surface area contributed by atoms with E-state index in [0.29, 0.717) is 28.6 Å². The molecule has 5 nitrogen and oxygen atoms in total. The molecule has 2 aromatic carbocycles. The number of anilines is 1. The first-order valence-corrected chi connectivity index (χ1v) is 10.8. The van der Waals surface area contributed by atoms with E-state index in [0.717, 1.165) is 50.7 Å². The van der Waals surface area contributed by atoms with Gasteiger partial charge in [0.1, 0.15) is 0 Å². The van der Waals surface area contributed by atoms with Gasteiger partial charge in [-0.2, -0.15) is 0 Å². The zero-order chi connectivity index (χ0) is 21.5. The summed E-state index contributed by atoms with van der Waals surface area (Å²) >= 11 is 6.15. The lowest BCUT2D eigenvalue weighted by Crippen LogP contribution is -2.35. The number of aldehydes is 1. The molecule has 1 unspecified atom stereocenters. The highest BCUT2D eigenvalue weighted by atomic mass is 35.5. The van der Waals surface area contributed by atoms with Crippen LogP contribution in [-0.4, -0.2) is 48.9 Å². The lowest BCUT2D eigenvalue weighted by atomic mass is 9.91. The number of benzene rings is 2. The Morgan fingerprint density at radius 2 is 1.93 bits per heavy atom. The summed E-state index contributed by atoms with van der Waals surface area (Å²) in [5.41, 5.74) is 2.21. The number of piperidine rings is 1. The number of halogens is 1. The van der Waals surface area contributed by atoms with Gasteiger partial charge in [-0.05, 0) is 55.4 Å². The highest BCUT2D eigenvalue weighted by Gasteiger charge is 2.23. The number of hydrogen-bond acceptors (Lipinski definition) is 4. The third-order valence-electron chi connectivity index (χ3n) is 5.92. The summed E-state index contributed by atoms with van der Waals surface area (Å²) in [5.74, 6) is 0.375. The second-order valence-electron chi connectivity index (χ2n) is 7.97. The van der Waals surface area contributed by atoms with Crippen molar-refractivity contribution in [1.82, 2.24) is 4.90 Å². The van der Waals surface area contributed by atoms with E-state index in [9.17, 15) is 14.7 Å². The topological polar surface area (TPSA) is 60.9 Å². The zero-order valence-electron chi connectivity index (χ0n) is 17.3. The second kappa shape index (κ2) is 10.6. The van der Waals surface area contributed by atoms with Crippen molar-refractivity contribution in [3.63, 3.8) is 0 Å². The van der Waals surface area contributed by atoms with Gasteiger partial charge in [0.25, 0.3) is 5.91 Å². The van der Waals surface area contributed by atoms with E-state index in [4.69, 9.17) is 11.6 Å². The smallest absolute Gasteiger partial charge is 0.255 e. The molecule has 0 radical (unpaired) electrons. The van der Waals surface area contributed by atoms with Gasteiger partial charge in [0.05, 0.1) is 5.02 Å². The Bertz CT molecular complexity index is 851. The van der Waals surface area contributed by atoms with Crippen LogP contribution in [0.4, 0.5) is 5.69 Å². The maximum Gasteiger partial charge on any atom is 0.255 e. The standard InChI is InChI=1S/C24H29ClN2O3/c1-26(24(30)23(29)19-7-3-2-4-8-19)13-5-6-18-11-14-27(15-12-18)21-10-9-20(17-28)22(25)16-21/h2-4,7-10,16-18,23,29H,5-6,11-15H2,1H3. The maximum atomic E-state index is 12.4. The molecule has 1 aliphatic heterocycles. The third-order valence-corrected chi connectivity index (χ3v) is 6.25. The number of aliphatic hydroxyl groups is 1. The van der Waals surface area contributed by atoms with Gasteiger partial charge in [0, 0.05) is 37.9 Å². The van der Waals surface area contributed by atoms with Gasteiger partial charge in [0.15, 0.2) is 12.4 Å². The number of amides is 1. The van der Waals surface area contributed by atoms with Crippen molar-refractivity contribution in [2.45, 2.75) is 31.8 Å². The third kappa shape index (κ3) is 5.61. The molecule has 1 aliphatic rings. The Hall–Kier alpha value is -2.37. The van der Waals surface area contributed by atoms with Crippen LogP contribution in [0.1, 0.15) is 47.7 Å². The molecule has 160 valence electrons. The normalized spacial score (nSPS) is 15.6. The largest absolute Gasteiger partial charge is 0.378 e. The minimum absolute atomic E-state index is 0.258. The molecule has 1 amide bonds. The fraction of sp³-hybridized carbons (Fsp3) is 0.417. The monoisotopic (exact) mass is 428 g/mol. The highest BCUT2D eigenvalue weighted by molar-refractivity contribution is 6.33. The number of rotatable bonds is 8. The molecule has 0 spiro atoms. The second-order valence-corrected chi connectivity index (χ2v) is 8.38. The Morgan fingerprint density at radius 3 is 2.57 bits per heavy atom. The van der Waals surface area contributed by atoms with E-state index >= 15 is 0 Å². The number of aliphatic hydroxyl groups excluding tert-OH is 1. The summed E-state index contributed by atoms with van der Waals surface area (Å²) in [6.45, 7) is 2.57. The van der Waals surface area contributed by atoms with Crippen molar-refractivity contribution in [3.05, 3.63) is 64.7 Å². The van der Waals surface area contributed by atoms with E-state index in [2.05, 4.69) is 4.90 Å². The fourth-order valence-corrected chi connectivity index (χ4v) is 4.22. The average Bonchev–Trinajstić information content (AvgIpc) is 2.79. The summed E-state index contributed by atoms with van der Waals surface area (Å²) in [4.78, 5) is 27.3. The van der Waals surface area contributed by atoms with Crippen molar-refractivity contribution < 1.29 is 14.7 Å². The van der Waals surface area contributed by atoms with E-state index < -0.39 is 6.10 Å². The maximum absolute atomic E-state index is 12.4. The molecule has 2 aromatic rings. The summed E-state index contributed by atoms with van der Waals surface area (Å²) in [5, 5.41) is 10.8. The van der Waals surface area contributed by atoms with Gasteiger partial charge in [-0.3, -0.25) is 9.59 Å². The summed E-state index contributed by atoms with van der Waals surface area (Å²) in [6, 6.07) is 14.6. The van der Waals surface area contributed by atoms with Crippen molar-refractivity contribution in [2.24, 2.45) is 5.92 Å². The molecule has 1 saturated heterocycles. The minimum atomic E-state index is -1.10. The first-order chi connectivity index (χ1) is 14.5. The predicted molar refractivity (Wildman–Crippen MR) is 120 cm³/mol. The average molecular weight is 429 g/mol. The van der Waals surface area contributed by atoms with Gasteiger partial charge in [-0.25, -0.2) is 0 Å². The Labute approximate surface area is 183 Å². The first kappa shape index (κ1) is 22.3. The van der Waals surface area contributed by atoms with Crippen molar-refractivity contribution in [3.8, 4) is 0 Å². The van der Waals surface area contributed by atoms with Gasteiger partial charge in [-0.15, -0.1) is 0 Å². The van der Waals surface area contributed by atoms with Crippen LogP contribution in [-0.2, 0) is 4.79 Å². The van der Waals surface area contributed by atoms with E-state index in [-0.39, 0.29) is 5.91 Å². The minimum Gasteiger partial charge on any atom is -0.378 e. The summed E-state index contributed by atoms with van der Waals surface area (Å²) in [7, 11) is 1.75. The van der Waals surface area contributed by atoms with Gasteiger partial charge >= 0.3 is 0 Å². The highest BCUT2D eigenvalue weighted by Crippen LogP contribution is 2.29. The van der Waals surface area contributed by atoms with Crippen LogP contribution in [0.5, 0.6) is 0 Å². The van der Waals surface area contributed by atoms with Crippen LogP contribution in [0.25, 0.3) is 0 Å². The van der Waals surface area contributed by atoms with Crippen LogP contribution in [0, 0.1) is 5.92 Å². The van der Waals surface area contributed by atoms with Gasteiger partial charge in [0.2, 0.25) is 0 Å². The lowest BCUT2D eigenvalue weighted by Gasteiger charge is -2.34. The van der Waals surface area contributed by atoms with Gasteiger partial charge in [-0.1, -0.05) is 41.9 Å². The Morgan fingerprint density at radius 1 is 1.23 bits per heavy atom. The SMILES string of the molecule is CN(CCCC1CCN(c2ccc(C=O)c(Cl)c2)CC1)C(=O)C(O)c1ccccc1. The molecule has 1 N–H and O–H groups in total. The molecule has 0 aromatic heterocycles. The Balaban J connectivity index is 1.41. The molecule has 0 bridgehead atoms. The molecule has 0 aliphatic carbocycles. The van der Waals surface area contributed by atoms with Crippen LogP contribution >= 0.6 is 11.6 Å². The number of carbonyl (C=O) groups excluding carboxylic acids is 2. The van der Waals surface area contributed by atoms with E-state index in [1.54, 1.807) is 30.1 Å². The van der Waals surface area contributed by atoms with Crippen LogP contribution < -0.4 is 4.90 Å². The first-order valence-electron chi connectivity index (χ1n) is 10.5. The van der Waals surface area contributed by atoms with E-state index in [1.165, 1.54) is 0 Å². The predicted octanol–water partition coefficient (Wildman–Crippen LogP) is 4.34. The van der Waals surface area contributed by atoms with Crippen LogP contribution in [0.15, 0.2) is 48.5 Å². The Kier molecular flexibility index (Phi) is 7.88. The number of carbonyl (C=O) groups is 2. The van der Waals surface area contributed by atoms with Gasteiger partial charge < -0.3 is 14.9 Å². The zero-order valence-corrected chi connectivity index (χ0v) is 18.1. The van der Waals surface area contributed by atoms with Crippen LogP contribution in [0.3, 0.4) is 0 Å². The summed E-state index contributed by atoms with van der Waals surface area (Å²) < 4.78 is 0.